The summed E-state index contributed by atoms with van der Waals surface area (Å²) in [4.78, 5) is 15.6. The molecule has 4 nitrogen and oxygen atoms in total. The fourth-order valence-corrected chi connectivity index (χ4v) is 1.84. The molecule has 0 unspecified atom stereocenters. The van der Waals surface area contributed by atoms with Crippen molar-refractivity contribution in [3.63, 3.8) is 0 Å². The molecule has 0 saturated carbocycles. The molecule has 5 heteroatoms. The standard InChI is InChI=1S/C16H17FN2O2/c1-10(2)21-12-7-8-13(11(3)9-12)19-16(20)14-5-4-6-15(17)18-14/h4-10H,1-3H3,(H,19,20). The first kappa shape index (κ1) is 15.0. The molecule has 0 aliphatic heterocycles. The van der Waals surface area contributed by atoms with Crippen molar-refractivity contribution in [3.05, 3.63) is 53.6 Å². The van der Waals surface area contributed by atoms with Crippen molar-refractivity contribution in [2.45, 2.75) is 26.9 Å². The number of carbonyl (C=O) groups is 1. The number of halogens is 1. The first-order chi connectivity index (χ1) is 9.95. The molecule has 110 valence electrons. The van der Waals surface area contributed by atoms with Crippen LogP contribution in [0.15, 0.2) is 36.4 Å². The van der Waals surface area contributed by atoms with Gasteiger partial charge in [-0.1, -0.05) is 6.07 Å². The van der Waals surface area contributed by atoms with Crippen molar-refractivity contribution < 1.29 is 13.9 Å². The number of anilines is 1. The quantitative estimate of drug-likeness (QED) is 0.875. The van der Waals surface area contributed by atoms with Crippen LogP contribution in [0, 0.1) is 12.9 Å². The Morgan fingerprint density at radius 3 is 2.67 bits per heavy atom. The Kier molecular flexibility index (Phi) is 4.52. The van der Waals surface area contributed by atoms with Crippen LogP contribution in [0.1, 0.15) is 29.9 Å². The lowest BCUT2D eigenvalue weighted by molar-refractivity contribution is 0.102. The summed E-state index contributed by atoms with van der Waals surface area (Å²) >= 11 is 0. The lowest BCUT2D eigenvalue weighted by Gasteiger charge is -2.13. The molecule has 0 saturated heterocycles. The number of aromatic nitrogens is 1. The summed E-state index contributed by atoms with van der Waals surface area (Å²) in [6, 6.07) is 9.48. The fraction of sp³-hybridized carbons (Fsp3) is 0.250. The van der Waals surface area contributed by atoms with Gasteiger partial charge in [0.1, 0.15) is 11.4 Å². The summed E-state index contributed by atoms with van der Waals surface area (Å²) in [5, 5.41) is 2.71. The zero-order valence-corrected chi connectivity index (χ0v) is 12.2. The molecule has 1 N–H and O–H groups in total. The number of nitrogens with zero attached hydrogens (tertiary/aromatic N) is 1. The van der Waals surface area contributed by atoms with Crippen LogP contribution in [-0.2, 0) is 0 Å². The Morgan fingerprint density at radius 1 is 1.29 bits per heavy atom. The summed E-state index contributed by atoms with van der Waals surface area (Å²) < 4.78 is 18.6. The van der Waals surface area contributed by atoms with E-state index in [1.54, 1.807) is 12.1 Å². The number of hydrogen-bond donors (Lipinski definition) is 1. The predicted octanol–water partition coefficient (Wildman–Crippen LogP) is 3.57. The maximum absolute atomic E-state index is 13.0. The van der Waals surface area contributed by atoms with Gasteiger partial charge in [-0.15, -0.1) is 0 Å². The number of hydrogen-bond acceptors (Lipinski definition) is 3. The van der Waals surface area contributed by atoms with Crippen molar-refractivity contribution in [2.75, 3.05) is 5.32 Å². The van der Waals surface area contributed by atoms with Gasteiger partial charge in [0.2, 0.25) is 5.95 Å². The SMILES string of the molecule is Cc1cc(OC(C)C)ccc1NC(=O)c1cccc(F)n1. The third kappa shape index (κ3) is 4.02. The Morgan fingerprint density at radius 2 is 2.05 bits per heavy atom. The van der Waals surface area contributed by atoms with E-state index in [9.17, 15) is 9.18 Å². The zero-order valence-electron chi connectivity index (χ0n) is 12.2. The van der Waals surface area contributed by atoms with Crippen LogP contribution in [0.4, 0.5) is 10.1 Å². The number of rotatable bonds is 4. The Hall–Kier alpha value is -2.43. The van der Waals surface area contributed by atoms with Gasteiger partial charge in [0.15, 0.2) is 0 Å². The monoisotopic (exact) mass is 288 g/mol. The predicted molar refractivity (Wildman–Crippen MR) is 79.1 cm³/mol. The molecule has 1 heterocycles. The van der Waals surface area contributed by atoms with Gasteiger partial charge in [-0.3, -0.25) is 4.79 Å². The van der Waals surface area contributed by atoms with Crippen molar-refractivity contribution >= 4 is 11.6 Å². The fourth-order valence-electron chi connectivity index (χ4n) is 1.84. The van der Waals surface area contributed by atoms with Crippen molar-refractivity contribution in [3.8, 4) is 5.75 Å². The van der Waals surface area contributed by atoms with Crippen molar-refractivity contribution in [1.82, 2.24) is 4.98 Å². The van der Waals surface area contributed by atoms with E-state index < -0.39 is 11.9 Å². The molecule has 0 bridgehead atoms. The Labute approximate surface area is 123 Å². The minimum atomic E-state index is -0.681. The number of nitrogens with one attached hydrogen (secondary N) is 1. The van der Waals surface area contributed by atoms with Gasteiger partial charge in [0.05, 0.1) is 6.10 Å². The number of amides is 1. The molecule has 1 amide bonds. The summed E-state index contributed by atoms with van der Waals surface area (Å²) in [6.45, 7) is 5.75. The van der Waals surface area contributed by atoms with Crippen LogP contribution in [0.2, 0.25) is 0 Å². The van der Waals surface area contributed by atoms with Gasteiger partial charge in [-0.2, -0.15) is 4.39 Å². The topological polar surface area (TPSA) is 51.2 Å². The van der Waals surface area contributed by atoms with Gasteiger partial charge in [0, 0.05) is 5.69 Å². The highest BCUT2D eigenvalue weighted by molar-refractivity contribution is 6.03. The Balaban J connectivity index is 2.14. The van der Waals surface area contributed by atoms with Crippen LogP contribution < -0.4 is 10.1 Å². The lowest BCUT2D eigenvalue weighted by atomic mass is 10.2. The second-order valence-corrected chi connectivity index (χ2v) is 4.94. The first-order valence-electron chi connectivity index (χ1n) is 6.67. The van der Waals surface area contributed by atoms with Gasteiger partial charge < -0.3 is 10.1 Å². The molecule has 0 aliphatic carbocycles. The second kappa shape index (κ2) is 6.35. The lowest BCUT2D eigenvalue weighted by Crippen LogP contribution is -2.15. The molecule has 0 atom stereocenters. The van der Waals surface area contributed by atoms with Gasteiger partial charge in [0.25, 0.3) is 5.91 Å². The van der Waals surface area contributed by atoms with Crippen molar-refractivity contribution in [1.29, 1.82) is 0 Å². The highest BCUT2D eigenvalue weighted by atomic mass is 19.1. The molecular formula is C16H17FN2O2. The number of carbonyl (C=O) groups excluding carboxylic acids is 1. The van der Waals surface area contributed by atoms with Crippen LogP contribution in [0.3, 0.4) is 0 Å². The zero-order chi connectivity index (χ0) is 15.4. The largest absolute Gasteiger partial charge is 0.491 e. The number of pyridine rings is 1. The van der Waals surface area contributed by atoms with Crippen LogP contribution in [0.25, 0.3) is 0 Å². The summed E-state index contributed by atoms with van der Waals surface area (Å²) in [5.74, 6) is -0.389. The molecular weight excluding hydrogens is 271 g/mol. The molecule has 2 aromatic rings. The number of ether oxygens (including phenoxy) is 1. The minimum absolute atomic E-state index is 0.0388. The van der Waals surface area contributed by atoms with Crippen LogP contribution in [-0.4, -0.2) is 17.0 Å². The molecule has 0 radical (unpaired) electrons. The summed E-state index contributed by atoms with van der Waals surface area (Å²) in [7, 11) is 0. The first-order valence-corrected chi connectivity index (χ1v) is 6.67. The van der Waals surface area contributed by atoms with Gasteiger partial charge in [-0.25, -0.2) is 4.98 Å². The third-order valence-corrected chi connectivity index (χ3v) is 2.77. The van der Waals surface area contributed by atoms with E-state index in [1.165, 1.54) is 18.2 Å². The van der Waals surface area contributed by atoms with Crippen molar-refractivity contribution in [2.24, 2.45) is 0 Å². The van der Waals surface area contributed by atoms with E-state index in [0.717, 1.165) is 11.3 Å². The van der Waals surface area contributed by atoms with Gasteiger partial charge >= 0.3 is 0 Å². The molecule has 1 aromatic heterocycles. The third-order valence-electron chi connectivity index (χ3n) is 2.77. The van der Waals surface area contributed by atoms with E-state index in [4.69, 9.17) is 4.74 Å². The summed E-state index contributed by atoms with van der Waals surface area (Å²) in [6.07, 6.45) is 0.0846. The van der Waals surface area contributed by atoms with E-state index in [-0.39, 0.29) is 11.8 Å². The average molecular weight is 288 g/mol. The minimum Gasteiger partial charge on any atom is -0.491 e. The normalized spacial score (nSPS) is 10.5. The molecule has 2 rings (SSSR count). The molecule has 0 fully saturated rings. The second-order valence-electron chi connectivity index (χ2n) is 4.94. The molecule has 21 heavy (non-hydrogen) atoms. The van der Waals surface area contributed by atoms with Crippen LogP contribution >= 0.6 is 0 Å². The number of benzene rings is 1. The maximum atomic E-state index is 13.0. The Bertz CT molecular complexity index is 656. The average Bonchev–Trinajstić information content (AvgIpc) is 2.41. The van der Waals surface area contributed by atoms with E-state index >= 15 is 0 Å². The number of aryl methyl sites for hydroxylation is 1. The molecule has 0 aliphatic rings. The maximum Gasteiger partial charge on any atom is 0.274 e. The molecule has 0 spiro atoms. The van der Waals surface area contributed by atoms with E-state index in [1.807, 2.05) is 26.8 Å². The van der Waals surface area contributed by atoms with E-state index in [2.05, 4.69) is 10.3 Å². The molecule has 1 aromatic carbocycles. The highest BCUT2D eigenvalue weighted by Crippen LogP contribution is 2.22. The summed E-state index contributed by atoms with van der Waals surface area (Å²) in [5.41, 5.74) is 1.54. The van der Waals surface area contributed by atoms with E-state index in [0.29, 0.717) is 5.69 Å². The van der Waals surface area contributed by atoms with Crippen LogP contribution in [0.5, 0.6) is 5.75 Å². The van der Waals surface area contributed by atoms with Gasteiger partial charge in [-0.05, 0) is 56.7 Å². The highest BCUT2D eigenvalue weighted by Gasteiger charge is 2.10. The smallest absolute Gasteiger partial charge is 0.274 e.